The number of thioether (sulfide) groups is 1. The Kier molecular flexibility index (Phi) is 5.69. The van der Waals surface area contributed by atoms with Gasteiger partial charge < -0.3 is 4.90 Å². The number of hydrogen-bond acceptors (Lipinski definition) is 5. The van der Waals surface area contributed by atoms with Crippen molar-refractivity contribution in [2.45, 2.75) is 24.5 Å². The summed E-state index contributed by atoms with van der Waals surface area (Å²) in [4.78, 5) is 45.4. The number of para-hydroxylation sites is 2. The van der Waals surface area contributed by atoms with E-state index in [1.807, 2.05) is 79.1 Å². The van der Waals surface area contributed by atoms with Gasteiger partial charge in [0.2, 0.25) is 11.8 Å². The number of carbonyl (C=O) groups excluding carboxylic acids is 3. The van der Waals surface area contributed by atoms with Crippen LogP contribution in [0.3, 0.4) is 0 Å². The molecule has 0 bridgehead atoms. The summed E-state index contributed by atoms with van der Waals surface area (Å²) < 4.78 is 0. The van der Waals surface area contributed by atoms with E-state index in [1.54, 1.807) is 28.8 Å². The van der Waals surface area contributed by atoms with E-state index in [2.05, 4.69) is 5.32 Å². The lowest BCUT2D eigenvalue weighted by atomic mass is 9.76. The first kappa shape index (κ1) is 23.0. The molecular weight excluding hydrogens is 470 g/mol. The maximum absolute atomic E-state index is 14.4. The number of hydrogen-bond donors (Lipinski definition) is 1. The lowest BCUT2D eigenvalue weighted by Gasteiger charge is -2.30. The molecule has 2 saturated heterocycles. The second-order valence-electron chi connectivity index (χ2n) is 9.59. The summed E-state index contributed by atoms with van der Waals surface area (Å²) in [6.45, 7) is 0.400. The fourth-order valence-electron chi connectivity index (χ4n) is 6.19. The zero-order valence-corrected chi connectivity index (χ0v) is 20.8. The molecule has 3 aliphatic heterocycles. The summed E-state index contributed by atoms with van der Waals surface area (Å²) in [6, 6.07) is 26.3. The van der Waals surface area contributed by atoms with Crippen LogP contribution in [0.15, 0.2) is 84.9 Å². The van der Waals surface area contributed by atoms with E-state index in [1.165, 1.54) is 4.90 Å². The summed E-state index contributed by atoms with van der Waals surface area (Å²) in [5.41, 5.74) is 1.87. The zero-order valence-electron chi connectivity index (χ0n) is 20.0. The minimum absolute atomic E-state index is 0.162. The predicted octanol–water partition coefficient (Wildman–Crippen LogP) is 3.96. The van der Waals surface area contributed by atoms with E-state index >= 15 is 0 Å². The number of nitrogens with one attached hydrogen (secondary N) is 1. The molecule has 0 aromatic heterocycles. The third-order valence-electron chi connectivity index (χ3n) is 7.70. The highest BCUT2D eigenvalue weighted by molar-refractivity contribution is 7.98. The van der Waals surface area contributed by atoms with Gasteiger partial charge in [-0.05, 0) is 42.2 Å². The first-order chi connectivity index (χ1) is 17.6. The quantitative estimate of drug-likeness (QED) is 0.522. The summed E-state index contributed by atoms with van der Waals surface area (Å²) in [5.74, 6) is -1.26. The number of benzene rings is 3. The van der Waals surface area contributed by atoms with Crippen LogP contribution in [0.5, 0.6) is 0 Å². The summed E-state index contributed by atoms with van der Waals surface area (Å²) in [7, 11) is 0. The minimum atomic E-state index is -1.27. The summed E-state index contributed by atoms with van der Waals surface area (Å²) >= 11 is 1.70. The highest BCUT2D eigenvalue weighted by Crippen LogP contribution is 2.55. The Morgan fingerprint density at radius 2 is 1.53 bits per heavy atom. The van der Waals surface area contributed by atoms with Crippen molar-refractivity contribution in [2.75, 3.05) is 21.8 Å². The topological polar surface area (TPSA) is 69.7 Å². The van der Waals surface area contributed by atoms with E-state index in [4.69, 9.17) is 0 Å². The highest BCUT2D eigenvalue weighted by atomic mass is 32.2. The van der Waals surface area contributed by atoms with Gasteiger partial charge in [-0.1, -0.05) is 66.7 Å². The van der Waals surface area contributed by atoms with Gasteiger partial charge in [0, 0.05) is 17.3 Å². The fourth-order valence-corrected chi connectivity index (χ4v) is 6.68. The minimum Gasteiger partial charge on any atom is -0.306 e. The summed E-state index contributed by atoms with van der Waals surface area (Å²) in [5, 5.41) is 3.58. The van der Waals surface area contributed by atoms with E-state index < -0.39 is 17.4 Å². The lowest BCUT2D eigenvalue weighted by Crippen LogP contribution is -2.55. The molecule has 1 spiro atoms. The number of anilines is 2. The molecule has 6 nitrogen and oxygen atoms in total. The molecule has 182 valence electrons. The molecule has 0 radical (unpaired) electrons. The van der Waals surface area contributed by atoms with Crippen molar-refractivity contribution in [3.63, 3.8) is 0 Å². The molecular formula is C29H27N3O3S. The van der Waals surface area contributed by atoms with Crippen LogP contribution in [-0.4, -0.2) is 35.8 Å². The number of carbonyl (C=O) groups is 3. The van der Waals surface area contributed by atoms with Gasteiger partial charge >= 0.3 is 0 Å². The number of amides is 3. The van der Waals surface area contributed by atoms with Crippen molar-refractivity contribution in [1.82, 2.24) is 5.32 Å². The van der Waals surface area contributed by atoms with Crippen molar-refractivity contribution in [3.8, 4) is 0 Å². The van der Waals surface area contributed by atoms with Gasteiger partial charge in [-0.2, -0.15) is 11.8 Å². The second kappa shape index (κ2) is 8.91. The standard InChI is InChI=1S/C29H27N3O3S/c1-36-17-16-22-24-25(27(34)32(26(24)33)20-12-6-3-7-13-20)29(30-22)21-14-8-9-15-23(21)31(28(29)35)18-19-10-4-2-5-11-19/h2-15,22,24-25,30H,16-18H2,1H3. The highest BCUT2D eigenvalue weighted by Gasteiger charge is 2.71. The normalized spacial score (nSPS) is 26.7. The molecule has 1 N–H and O–H groups in total. The Labute approximate surface area is 214 Å². The van der Waals surface area contributed by atoms with Gasteiger partial charge in [-0.15, -0.1) is 0 Å². The number of nitrogens with zero attached hydrogens (tertiary/aromatic N) is 2. The Morgan fingerprint density at radius 3 is 2.25 bits per heavy atom. The number of fused-ring (bicyclic) bond motifs is 4. The van der Waals surface area contributed by atoms with Crippen LogP contribution in [-0.2, 0) is 26.5 Å². The van der Waals surface area contributed by atoms with E-state index in [0.29, 0.717) is 18.7 Å². The molecule has 0 aliphatic carbocycles. The van der Waals surface area contributed by atoms with Gasteiger partial charge in [0.05, 0.1) is 24.1 Å². The van der Waals surface area contributed by atoms with Crippen molar-refractivity contribution >= 4 is 40.9 Å². The van der Waals surface area contributed by atoms with Crippen LogP contribution < -0.4 is 15.1 Å². The van der Waals surface area contributed by atoms with Crippen LogP contribution in [0, 0.1) is 11.8 Å². The van der Waals surface area contributed by atoms with Crippen molar-refractivity contribution in [3.05, 3.63) is 96.1 Å². The molecule has 3 amide bonds. The van der Waals surface area contributed by atoms with E-state index in [0.717, 1.165) is 22.6 Å². The average Bonchev–Trinajstić information content (AvgIpc) is 3.48. The van der Waals surface area contributed by atoms with Gasteiger partial charge in [0.25, 0.3) is 5.91 Å². The van der Waals surface area contributed by atoms with Gasteiger partial charge in [-0.3, -0.25) is 19.7 Å². The van der Waals surface area contributed by atoms with Crippen LogP contribution >= 0.6 is 11.8 Å². The molecule has 2 fully saturated rings. The van der Waals surface area contributed by atoms with Crippen LogP contribution in [0.25, 0.3) is 0 Å². The van der Waals surface area contributed by atoms with Crippen molar-refractivity contribution in [2.24, 2.45) is 11.8 Å². The number of rotatable bonds is 6. The van der Waals surface area contributed by atoms with Crippen LogP contribution in [0.1, 0.15) is 17.5 Å². The van der Waals surface area contributed by atoms with Crippen molar-refractivity contribution in [1.29, 1.82) is 0 Å². The molecule has 4 unspecified atom stereocenters. The monoisotopic (exact) mass is 497 g/mol. The Bertz CT molecular complexity index is 1330. The van der Waals surface area contributed by atoms with Gasteiger partial charge in [0.15, 0.2) is 0 Å². The smallest absolute Gasteiger partial charge is 0.253 e. The first-order valence-corrected chi connectivity index (χ1v) is 13.6. The largest absolute Gasteiger partial charge is 0.306 e. The third kappa shape index (κ3) is 3.26. The van der Waals surface area contributed by atoms with Crippen molar-refractivity contribution < 1.29 is 14.4 Å². The molecule has 0 saturated carbocycles. The maximum atomic E-state index is 14.4. The van der Waals surface area contributed by atoms with Crippen LogP contribution in [0.4, 0.5) is 11.4 Å². The number of imide groups is 1. The molecule has 6 rings (SSSR count). The molecule has 36 heavy (non-hydrogen) atoms. The Balaban J connectivity index is 1.48. The first-order valence-electron chi connectivity index (χ1n) is 12.2. The SMILES string of the molecule is CSCCC1NC2(C(=O)N(Cc3ccccc3)c3ccccc32)C2C(=O)N(c3ccccc3)C(=O)C12. The molecule has 3 heterocycles. The molecule has 7 heteroatoms. The molecule has 3 aromatic rings. The Morgan fingerprint density at radius 1 is 0.861 bits per heavy atom. The van der Waals surface area contributed by atoms with Gasteiger partial charge in [0.1, 0.15) is 5.54 Å². The fraction of sp³-hybridized carbons (Fsp3) is 0.276. The molecule has 3 aliphatic rings. The average molecular weight is 498 g/mol. The van der Waals surface area contributed by atoms with E-state index in [9.17, 15) is 14.4 Å². The van der Waals surface area contributed by atoms with Gasteiger partial charge in [-0.25, -0.2) is 4.90 Å². The zero-order chi connectivity index (χ0) is 24.9. The lowest BCUT2D eigenvalue weighted by molar-refractivity contribution is -0.132. The molecule has 4 atom stereocenters. The van der Waals surface area contributed by atoms with E-state index in [-0.39, 0.29) is 23.8 Å². The summed E-state index contributed by atoms with van der Waals surface area (Å²) in [6.07, 6.45) is 2.72. The maximum Gasteiger partial charge on any atom is 0.253 e. The van der Waals surface area contributed by atoms with Crippen LogP contribution in [0.2, 0.25) is 0 Å². The third-order valence-corrected chi connectivity index (χ3v) is 8.34. The second-order valence-corrected chi connectivity index (χ2v) is 10.6. The molecule has 3 aromatic carbocycles. The Hall–Kier alpha value is -3.42. The predicted molar refractivity (Wildman–Crippen MR) is 142 cm³/mol.